The summed E-state index contributed by atoms with van der Waals surface area (Å²) in [6, 6.07) is 16.4. The number of rotatable bonds is 4. The number of hydrogen-bond donors (Lipinski definition) is 1. The maximum absolute atomic E-state index is 12.6. The second kappa shape index (κ2) is 7.70. The topological polar surface area (TPSA) is 64.6 Å². The van der Waals surface area contributed by atoms with Crippen LogP contribution in [0.4, 0.5) is 4.79 Å². The van der Waals surface area contributed by atoms with Gasteiger partial charge in [-0.3, -0.25) is 4.79 Å². The molecule has 1 fully saturated rings. The van der Waals surface area contributed by atoms with Crippen LogP contribution in [-0.2, 0) is 14.3 Å². The van der Waals surface area contributed by atoms with Gasteiger partial charge in [0.1, 0.15) is 12.2 Å². The summed E-state index contributed by atoms with van der Waals surface area (Å²) in [6.45, 7) is 9.84. The smallest absolute Gasteiger partial charge is 0.407 e. The molecule has 2 aliphatic rings. The van der Waals surface area contributed by atoms with Crippen LogP contribution in [0.25, 0.3) is 11.1 Å². The zero-order valence-corrected chi connectivity index (χ0v) is 18.9. The Labute approximate surface area is 184 Å². The Morgan fingerprint density at radius 3 is 2.06 bits per heavy atom. The average Bonchev–Trinajstić information content (AvgIpc) is 3.01. The number of benzene rings is 2. The van der Waals surface area contributed by atoms with Gasteiger partial charge in [-0.25, -0.2) is 4.79 Å². The molecule has 1 N–H and O–H groups in total. The molecule has 2 atom stereocenters. The molecular formula is C26H31NO4. The molecular weight excluding hydrogens is 390 g/mol. The van der Waals surface area contributed by atoms with Gasteiger partial charge in [0, 0.05) is 12.0 Å². The van der Waals surface area contributed by atoms with Crippen LogP contribution in [0.1, 0.15) is 58.1 Å². The second-order valence-corrected chi connectivity index (χ2v) is 10.2. The molecule has 0 unspecified atom stereocenters. The van der Waals surface area contributed by atoms with E-state index in [1.807, 2.05) is 58.9 Å². The van der Waals surface area contributed by atoms with E-state index in [1.165, 1.54) is 22.3 Å². The van der Waals surface area contributed by atoms with Gasteiger partial charge in [-0.1, -0.05) is 62.4 Å². The Morgan fingerprint density at radius 1 is 1.00 bits per heavy atom. The number of hydrogen-bond acceptors (Lipinski definition) is 4. The summed E-state index contributed by atoms with van der Waals surface area (Å²) in [5.74, 6) is -0.407. The van der Waals surface area contributed by atoms with Crippen molar-refractivity contribution in [2.75, 3.05) is 6.61 Å². The maximum atomic E-state index is 12.6. The molecule has 2 aromatic rings. The first-order chi connectivity index (χ1) is 14.6. The van der Waals surface area contributed by atoms with Crippen LogP contribution in [0, 0.1) is 11.3 Å². The van der Waals surface area contributed by atoms with Crippen molar-refractivity contribution >= 4 is 12.1 Å². The molecule has 0 radical (unpaired) electrons. The maximum Gasteiger partial charge on any atom is 0.407 e. The number of amides is 1. The number of carbonyl (C=O) groups is 2. The van der Waals surface area contributed by atoms with E-state index in [1.54, 1.807) is 0 Å². The molecule has 0 aliphatic heterocycles. The molecule has 0 aromatic heterocycles. The summed E-state index contributed by atoms with van der Waals surface area (Å²) in [5, 5.41) is 2.96. The molecule has 2 aliphatic carbocycles. The largest absolute Gasteiger partial charge is 0.460 e. The monoisotopic (exact) mass is 421 g/mol. The molecule has 5 heteroatoms. The van der Waals surface area contributed by atoms with Crippen molar-refractivity contribution in [3.63, 3.8) is 0 Å². The lowest BCUT2D eigenvalue weighted by atomic mass is 9.58. The van der Waals surface area contributed by atoms with Crippen LogP contribution in [0.3, 0.4) is 0 Å². The van der Waals surface area contributed by atoms with Crippen LogP contribution in [0.15, 0.2) is 48.5 Å². The highest BCUT2D eigenvalue weighted by atomic mass is 16.6. The lowest BCUT2D eigenvalue weighted by molar-refractivity contribution is -0.173. The first-order valence-electron chi connectivity index (χ1n) is 10.9. The van der Waals surface area contributed by atoms with Gasteiger partial charge in [-0.2, -0.15) is 0 Å². The van der Waals surface area contributed by atoms with Crippen molar-refractivity contribution in [2.24, 2.45) is 11.3 Å². The predicted molar refractivity (Wildman–Crippen MR) is 120 cm³/mol. The minimum absolute atomic E-state index is 0.0297. The second-order valence-electron chi connectivity index (χ2n) is 10.2. The van der Waals surface area contributed by atoms with Crippen molar-refractivity contribution in [3.05, 3.63) is 59.7 Å². The van der Waals surface area contributed by atoms with Crippen molar-refractivity contribution in [2.45, 2.75) is 58.6 Å². The Kier molecular flexibility index (Phi) is 5.32. The Balaban J connectivity index is 1.36. The first kappa shape index (κ1) is 21.4. The zero-order valence-electron chi connectivity index (χ0n) is 18.9. The summed E-state index contributed by atoms with van der Waals surface area (Å²) < 4.78 is 11.2. The van der Waals surface area contributed by atoms with E-state index in [0.29, 0.717) is 6.42 Å². The van der Waals surface area contributed by atoms with E-state index in [-0.39, 0.29) is 35.9 Å². The predicted octanol–water partition coefficient (Wildman–Crippen LogP) is 5.28. The third kappa shape index (κ3) is 4.06. The van der Waals surface area contributed by atoms with E-state index >= 15 is 0 Å². The van der Waals surface area contributed by atoms with Gasteiger partial charge < -0.3 is 14.8 Å². The van der Waals surface area contributed by atoms with Gasteiger partial charge >= 0.3 is 12.1 Å². The number of carbonyl (C=O) groups excluding carboxylic acids is 2. The molecule has 0 spiro atoms. The summed E-state index contributed by atoms with van der Waals surface area (Å²) in [5.41, 5.74) is 3.88. The minimum Gasteiger partial charge on any atom is -0.460 e. The summed E-state index contributed by atoms with van der Waals surface area (Å²) in [6.07, 6.45) is 0.120. The zero-order chi connectivity index (χ0) is 22.4. The average molecular weight is 422 g/mol. The third-order valence-electron chi connectivity index (χ3n) is 6.59. The molecule has 1 saturated carbocycles. The summed E-state index contributed by atoms with van der Waals surface area (Å²) in [4.78, 5) is 25.0. The minimum atomic E-state index is -0.515. The molecule has 1 amide bonds. The molecule has 164 valence electrons. The molecule has 0 bridgehead atoms. The molecule has 2 aromatic carbocycles. The molecule has 4 rings (SSSR count). The lowest BCUT2D eigenvalue weighted by Gasteiger charge is -2.50. The van der Waals surface area contributed by atoms with Crippen LogP contribution >= 0.6 is 0 Å². The van der Waals surface area contributed by atoms with Gasteiger partial charge in [0.25, 0.3) is 0 Å². The molecule has 31 heavy (non-hydrogen) atoms. The van der Waals surface area contributed by atoms with Gasteiger partial charge in [0.15, 0.2) is 0 Å². The highest BCUT2D eigenvalue weighted by Crippen LogP contribution is 2.48. The Hall–Kier alpha value is -2.82. The van der Waals surface area contributed by atoms with Crippen LogP contribution in [0.2, 0.25) is 0 Å². The third-order valence-corrected chi connectivity index (χ3v) is 6.59. The Morgan fingerprint density at radius 2 is 1.55 bits per heavy atom. The number of nitrogens with one attached hydrogen (secondary N) is 1. The van der Waals surface area contributed by atoms with E-state index in [0.717, 1.165) is 0 Å². The molecule has 5 nitrogen and oxygen atoms in total. The lowest BCUT2D eigenvalue weighted by Crippen LogP contribution is -2.61. The van der Waals surface area contributed by atoms with Crippen molar-refractivity contribution in [1.82, 2.24) is 5.32 Å². The molecule has 0 heterocycles. The van der Waals surface area contributed by atoms with E-state index in [9.17, 15) is 9.59 Å². The van der Waals surface area contributed by atoms with Crippen molar-refractivity contribution in [1.29, 1.82) is 0 Å². The summed E-state index contributed by atoms with van der Waals surface area (Å²) in [7, 11) is 0. The number of ether oxygens (including phenoxy) is 2. The Bertz CT molecular complexity index is 959. The van der Waals surface area contributed by atoms with E-state index in [4.69, 9.17) is 9.47 Å². The standard InChI is InChI=1S/C26H31NO4/c1-25(2,3)31-23(28)21-14-22(26(21,4)5)27-24(29)30-15-20-18-12-8-6-10-16(18)17-11-7-9-13-19(17)20/h6-13,20-22H,14-15H2,1-5H3,(H,27,29)/t21-,22-/m1/s1. The van der Waals surface area contributed by atoms with Gasteiger partial charge in [0.2, 0.25) is 0 Å². The van der Waals surface area contributed by atoms with E-state index in [2.05, 4.69) is 29.6 Å². The number of alkyl carbamates (subject to hydrolysis) is 1. The quantitative estimate of drug-likeness (QED) is 0.682. The van der Waals surface area contributed by atoms with Crippen LogP contribution < -0.4 is 5.32 Å². The fraction of sp³-hybridized carbons (Fsp3) is 0.462. The van der Waals surface area contributed by atoms with Crippen molar-refractivity contribution in [3.8, 4) is 11.1 Å². The van der Waals surface area contributed by atoms with Crippen LogP contribution in [-0.4, -0.2) is 30.3 Å². The number of fused-ring (bicyclic) bond motifs is 3. The van der Waals surface area contributed by atoms with Crippen LogP contribution in [0.5, 0.6) is 0 Å². The highest BCUT2D eigenvalue weighted by molar-refractivity contribution is 5.79. The normalized spacial score (nSPS) is 21.5. The highest BCUT2D eigenvalue weighted by Gasteiger charge is 2.54. The van der Waals surface area contributed by atoms with Gasteiger partial charge in [0.05, 0.1) is 5.92 Å². The molecule has 0 saturated heterocycles. The SMILES string of the molecule is CC(C)(C)OC(=O)[C@H]1C[C@@H](NC(=O)OCC2c3ccccc3-c3ccccc32)C1(C)C. The first-order valence-corrected chi connectivity index (χ1v) is 10.9. The van der Waals surface area contributed by atoms with Gasteiger partial charge in [-0.05, 0) is 54.9 Å². The fourth-order valence-corrected chi connectivity index (χ4v) is 4.73. The number of esters is 1. The van der Waals surface area contributed by atoms with Gasteiger partial charge in [-0.15, -0.1) is 0 Å². The fourth-order valence-electron chi connectivity index (χ4n) is 4.73. The van der Waals surface area contributed by atoms with E-state index < -0.39 is 11.7 Å². The summed E-state index contributed by atoms with van der Waals surface area (Å²) >= 11 is 0. The van der Waals surface area contributed by atoms with Crippen molar-refractivity contribution < 1.29 is 19.1 Å².